The first-order chi connectivity index (χ1) is 9.69. The Morgan fingerprint density at radius 1 is 1.50 bits per heavy atom. The van der Waals surface area contributed by atoms with Crippen molar-refractivity contribution in [2.45, 2.75) is 32.2 Å². The summed E-state index contributed by atoms with van der Waals surface area (Å²) in [5.74, 6) is 0.621. The number of nitrogens with two attached hydrogens (primary N) is 1. The quantitative estimate of drug-likeness (QED) is 0.839. The molecule has 2 rings (SSSR count). The standard InChI is InChI=1S/C14H19N5O/c1-2-4-11(15)9-14(20)18-12-5-6-13(16-10-12)19-8-3-7-17-19/h3,5-8,10-11H,2,4,9,15H2,1H3,(H,18,20). The number of rotatable bonds is 6. The van der Waals surface area contributed by atoms with Crippen LogP contribution >= 0.6 is 0 Å². The van der Waals surface area contributed by atoms with Crippen LogP contribution in [0.3, 0.4) is 0 Å². The molecule has 6 heteroatoms. The normalized spacial score (nSPS) is 12.1. The number of amides is 1. The van der Waals surface area contributed by atoms with E-state index in [0.29, 0.717) is 17.9 Å². The molecule has 0 spiro atoms. The van der Waals surface area contributed by atoms with Crippen molar-refractivity contribution in [3.63, 3.8) is 0 Å². The number of hydrogen-bond acceptors (Lipinski definition) is 4. The molecule has 0 aliphatic carbocycles. The van der Waals surface area contributed by atoms with Crippen molar-refractivity contribution in [2.24, 2.45) is 5.73 Å². The van der Waals surface area contributed by atoms with Crippen LogP contribution < -0.4 is 11.1 Å². The summed E-state index contributed by atoms with van der Waals surface area (Å²) >= 11 is 0. The Balaban J connectivity index is 1.92. The summed E-state index contributed by atoms with van der Waals surface area (Å²) < 4.78 is 1.66. The zero-order valence-corrected chi connectivity index (χ0v) is 11.5. The van der Waals surface area contributed by atoms with Crippen LogP contribution in [0.2, 0.25) is 0 Å². The topological polar surface area (TPSA) is 85.8 Å². The summed E-state index contributed by atoms with van der Waals surface area (Å²) in [6.45, 7) is 2.05. The van der Waals surface area contributed by atoms with Crippen molar-refractivity contribution >= 4 is 11.6 Å². The van der Waals surface area contributed by atoms with Gasteiger partial charge < -0.3 is 11.1 Å². The SMILES string of the molecule is CCCC(N)CC(=O)Nc1ccc(-n2cccn2)nc1. The molecule has 106 valence electrons. The van der Waals surface area contributed by atoms with E-state index in [1.54, 1.807) is 29.2 Å². The van der Waals surface area contributed by atoms with E-state index in [0.717, 1.165) is 12.8 Å². The molecule has 1 amide bonds. The lowest BCUT2D eigenvalue weighted by molar-refractivity contribution is -0.116. The van der Waals surface area contributed by atoms with E-state index >= 15 is 0 Å². The minimum Gasteiger partial charge on any atom is -0.327 e. The summed E-state index contributed by atoms with van der Waals surface area (Å²) in [6, 6.07) is 5.34. The number of aromatic nitrogens is 3. The third-order valence-electron chi connectivity index (χ3n) is 2.88. The average Bonchev–Trinajstić information content (AvgIpc) is 2.93. The number of carbonyl (C=O) groups is 1. The van der Waals surface area contributed by atoms with Crippen LogP contribution in [0.15, 0.2) is 36.8 Å². The van der Waals surface area contributed by atoms with Gasteiger partial charge in [0.05, 0.1) is 11.9 Å². The highest BCUT2D eigenvalue weighted by molar-refractivity contribution is 5.90. The van der Waals surface area contributed by atoms with E-state index in [1.165, 1.54) is 0 Å². The Morgan fingerprint density at radius 2 is 2.35 bits per heavy atom. The van der Waals surface area contributed by atoms with E-state index < -0.39 is 0 Å². The van der Waals surface area contributed by atoms with Gasteiger partial charge in [0.15, 0.2) is 5.82 Å². The van der Waals surface area contributed by atoms with Gasteiger partial charge in [0.1, 0.15) is 0 Å². The van der Waals surface area contributed by atoms with Crippen molar-refractivity contribution in [3.8, 4) is 5.82 Å². The summed E-state index contributed by atoms with van der Waals surface area (Å²) in [5, 5.41) is 6.88. The molecule has 2 aromatic heterocycles. The minimum atomic E-state index is -0.0868. The fourth-order valence-corrected chi connectivity index (χ4v) is 1.92. The molecule has 0 radical (unpaired) electrons. The molecule has 0 fully saturated rings. The molecule has 1 atom stereocenters. The summed E-state index contributed by atoms with van der Waals surface area (Å²) in [4.78, 5) is 16.0. The highest BCUT2D eigenvalue weighted by Crippen LogP contribution is 2.10. The maximum atomic E-state index is 11.8. The molecular formula is C14H19N5O. The van der Waals surface area contributed by atoms with Crippen LogP contribution in [0.25, 0.3) is 5.82 Å². The molecule has 1 unspecified atom stereocenters. The van der Waals surface area contributed by atoms with Crippen LogP contribution in [0.5, 0.6) is 0 Å². The predicted molar refractivity (Wildman–Crippen MR) is 77.5 cm³/mol. The molecular weight excluding hydrogens is 254 g/mol. The third kappa shape index (κ3) is 3.89. The molecule has 0 aliphatic heterocycles. The number of carbonyl (C=O) groups excluding carboxylic acids is 1. The van der Waals surface area contributed by atoms with Gasteiger partial charge in [0.2, 0.25) is 5.91 Å². The van der Waals surface area contributed by atoms with Crippen LogP contribution in [0.4, 0.5) is 5.69 Å². The molecule has 2 heterocycles. The lowest BCUT2D eigenvalue weighted by atomic mass is 10.1. The van der Waals surface area contributed by atoms with E-state index in [1.807, 2.05) is 12.3 Å². The Bertz CT molecular complexity index is 535. The number of pyridine rings is 1. The Kier molecular flexibility index (Phi) is 4.84. The van der Waals surface area contributed by atoms with Gasteiger partial charge in [-0.2, -0.15) is 5.10 Å². The third-order valence-corrected chi connectivity index (χ3v) is 2.88. The molecule has 20 heavy (non-hydrogen) atoms. The fourth-order valence-electron chi connectivity index (χ4n) is 1.92. The van der Waals surface area contributed by atoms with E-state index in [-0.39, 0.29) is 11.9 Å². The molecule has 0 aliphatic rings. The zero-order valence-electron chi connectivity index (χ0n) is 11.5. The number of hydrogen-bond donors (Lipinski definition) is 2. The monoisotopic (exact) mass is 273 g/mol. The van der Waals surface area contributed by atoms with Gasteiger partial charge in [-0.05, 0) is 24.6 Å². The summed E-state index contributed by atoms with van der Waals surface area (Å²) in [5.41, 5.74) is 6.50. The largest absolute Gasteiger partial charge is 0.327 e. The minimum absolute atomic E-state index is 0.0837. The van der Waals surface area contributed by atoms with Crippen molar-refractivity contribution in [1.29, 1.82) is 0 Å². The van der Waals surface area contributed by atoms with Crippen LogP contribution in [-0.2, 0) is 4.79 Å². The van der Waals surface area contributed by atoms with E-state index in [2.05, 4.69) is 22.3 Å². The molecule has 0 bridgehead atoms. The Labute approximate surface area is 118 Å². The highest BCUT2D eigenvalue weighted by Gasteiger charge is 2.09. The second kappa shape index (κ2) is 6.81. The zero-order chi connectivity index (χ0) is 14.4. The molecule has 2 aromatic rings. The van der Waals surface area contributed by atoms with Gasteiger partial charge in [-0.3, -0.25) is 4.79 Å². The van der Waals surface area contributed by atoms with Crippen LogP contribution in [0.1, 0.15) is 26.2 Å². The van der Waals surface area contributed by atoms with Crippen molar-refractivity contribution in [2.75, 3.05) is 5.32 Å². The van der Waals surface area contributed by atoms with Gasteiger partial charge in [-0.25, -0.2) is 9.67 Å². The first kappa shape index (κ1) is 14.2. The molecule has 0 saturated heterocycles. The average molecular weight is 273 g/mol. The lowest BCUT2D eigenvalue weighted by Crippen LogP contribution is -2.26. The summed E-state index contributed by atoms with van der Waals surface area (Å²) in [6.07, 6.45) is 7.27. The van der Waals surface area contributed by atoms with Crippen molar-refractivity contribution < 1.29 is 4.79 Å². The Morgan fingerprint density at radius 3 is 2.95 bits per heavy atom. The molecule has 3 N–H and O–H groups in total. The van der Waals surface area contributed by atoms with Gasteiger partial charge in [-0.15, -0.1) is 0 Å². The molecule has 6 nitrogen and oxygen atoms in total. The van der Waals surface area contributed by atoms with Crippen molar-refractivity contribution in [1.82, 2.24) is 14.8 Å². The maximum Gasteiger partial charge on any atom is 0.225 e. The molecule has 0 aromatic carbocycles. The summed E-state index contributed by atoms with van der Waals surface area (Å²) in [7, 11) is 0. The van der Waals surface area contributed by atoms with Gasteiger partial charge in [0.25, 0.3) is 0 Å². The highest BCUT2D eigenvalue weighted by atomic mass is 16.1. The fraction of sp³-hybridized carbons (Fsp3) is 0.357. The van der Waals surface area contributed by atoms with Crippen LogP contribution in [0, 0.1) is 0 Å². The number of nitrogens with one attached hydrogen (secondary N) is 1. The predicted octanol–water partition coefficient (Wildman–Crippen LogP) is 1.72. The Hall–Kier alpha value is -2.21. The smallest absolute Gasteiger partial charge is 0.225 e. The van der Waals surface area contributed by atoms with E-state index in [4.69, 9.17) is 5.73 Å². The first-order valence-electron chi connectivity index (χ1n) is 6.70. The molecule has 0 saturated carbocycles. The second-order valence-electron chi connectivity index (χ2n) is 4.66. The van der Waals surface area contributed by atoms with Gasteiger partial charge in [-0.1, -0.05) is 13.3 Å². The lowest BCUT2D eigenvalue weighted by Gasteiger charge is -2.10. The van der Waals surface area contributed by atoms with Gasteiger partial charge >= 0.3 is 0 Å². The first-order valence-corrected chi connectivity index (χ1v) is 6.70. The van der Waals surface area contributed by atoms with Gasteiger partial charge in [0, 0.05) is 24.9 Å². The van der Waals surface area contributed by atoms with Crippen LogP contribution in [-0.4, -0.2) is 26.7 Å². The maximum absolute atomic E-state index is 11.8. The number of anilines is 1. The van der Waals surface area contributed by atoms with E-state index in [9.17, 15) is 4.79 Å². The second-order valence-corrected chi connectivity index (χ2v) is 4.66. The number of nitrogens with zero attached hydrogens (tertiary/aromatic N) is 3. The van der Waals surface area contributed by atoms with Crippen molar-refractivity contribution in [3.05, 3.63) is 36.8 Å².